The summed E-state index contributed by atoms with van der Waals surface area (Å²) in [5.74, 6) is 0.792. The van der Waals surface area contributed by atoms with Gasteiger partial charge in [0.15, 0.2) is 5.16 Å². The zero-order valence-electron chi connectivity index (χ0n) is 11.4. The van der Waals surface area contributed by atoms with Crippen molar-refractivity contribution in [3.05, 3.63) is 71.7 Å². The number of aromatic nitrogens is 3. The van der Waals surface area contributed by atoms with E-state index >= 15 is 0 Å². The van der Waals surface area contributed by atoms with Gasteiger partial charge in [0.05, 0.1) is 11.4 Å². The van der Waals surface area contributed by atoms with Crippen molar-refractivity contribution in [3.63, 3.8) is 0 Å². The van der Waals surface area contributed by atoms with Crippen LogP contribution in [0.5, 0.6) is 5.88 Å². The Morgan fingerprint density at radius 3 is 2.62 bits per heavy atom. The number of nitrogens with zero attached hydrogens (tertiary/aromatic N) is 2. The number of hydrogen-bond acceptors (Lipinski definition) is 4. The average Bonchev–Trinajstić information content (AvgIpc) is 2.87. The lowest BCUT2D eigenvalue weighted by Crippen LogP contribution is -1.89. The van der Waals surface area contributed by atoms with Crippen LogP contribution >= 0.6 is 11.8 Å². The fraction of sp³-hybridized carbons (Fsp3) is 0.125. The zero-order chi connectivity index (χ0) is 14.5. The molecule has 21 heavy (non-hydrogen) atoms. The molecule has 0 spiro atoms. The number of aromatic amines is 1. The number of thioether (sulfide) groups is 1. The smallest absolute Gasteiger partial charge is 0.233 e. The van der Waals surface area contributed by atoms with E-state index < -0.39 is 0 Å². The number of H-pyrrole nitrogens is 1. The summed E-state index contributed by atoms with van der Waals surface area (Å²) < 4.78 is 0. The van der Waals surface area contributed by atoms with Gasteiger partial charge in [0.2, 0.25) is 5.88 Å². The maximum absolute atomic E-state index is 9.92. The molecule has 0 aliphatic rings. The van der Waals surface area contributed by atoms with Crippen LogP contribution in [0.25, 0.3) is 0 Å². The molecule has 0 radical (unpaired) electrons. The minimum absolute atomic E-state index is 0.0716. The first-order valence-electron chi connectivity index (χ1n) is 6.66. The maximum atomic E-state index is 9.92. The molecule has 0 amide bonds. The fourth-order valence-corrected chi connectivity index (χ4v) is 2.80. The summed E-state index contributed by atoms with van der Waals surface area (Å²) in [6.07, 6.45) is 2.42. The van der Waals surface area contributed by atoms with E-state index in [9.17, 15) is 5.11 Å². The van der Waals surface area contributed by atoms with Crippen LogP contribution in [0, 0.1) is 0 Å². The number of nitrogens with one attached hydrogen (secondary N) is 1. The van der Waals surface area contributed by atoms with Gasteiger partial charge in [-0.05, 0) is 17.7 Å². The van der Waals surface area contributed by atoms with Gasteiger partial charge in [-0.1, -0.05) is 48.2 Å². The maximum Gasteiger partial charge on any atom is 0.233 e. The molecular weight excluding hydrogens is 282 g/mol. The first-order chi connectivity index (χ1) is 10.3. The van der Waals surface area contributed by atoms with Gasteiger partial charge in [-0.2, -0.15) is 4.98 Å². The van der Waals surface area contributed by atoms with Crippen molar-refractivity contribution in [2.75, 3.05) is 0 Å². The largest absolute Gasteiger partial charge is 0.492 e. The molecule has 2 aromatic heterocycles. The molecule has 5 heteroatoms. The molecule has 0 fully saturated rings. The minimum Gasteiger partial charge on any atom is -0.492 e. The summed E-state index contributed by atoms with van der Waals surface area (Å²) in [5, 5.41) is 10.6. The van der Waals surface area contributed by atoms with E-state index in [4.69, 9.17) is 0 Å². The highest BCUT2D eigenvalue weighted by Crippen LogP contribution is 2.25. The van der Waals surface area contributed by atoms with E-state index in [-0.39, 0.29) is 5.88 Å². The summed E-state index contributed by atoms with van der Waals surface area (Å²) in [4.78, 5) is 11.6. The topological polar surface area (TPSA) is 61.8 Å². The summed E-state index contributed by atoms with van der Waals surface area (Å²) in [7, 11) is 0. The second kappa shape index (κ2) is 6.45. The third-order valence-corrected chi connectivity index (χ3v) is 3.95. The Kier molecular flexibility index (Phi) is 4.21. The average molecular weight is 297 g/mol. The van der Waals surface area contributed by atoms with Crippen LogP contribution in [0.2, 0.25) is 0 Å². The molecule has 1 aromatic carbocycles. The second-order valence-corrected chi connectivity index (χ2v) is 5.58. The van der Waals surface area contributed by atoms with E-state index in [1.165, 1.54) is 11.8 Å². The Morgan fingerprint density at radius 1 is 1.05 bits per heavy atom. The van der Waals surface area contributed by atoms with E-state index in [0.717, 1.165) is 22.7 Å². The molecule has 0 saturated carbocycles. The molecule has 0 bridgehead atoms. The van der Waals surface area contributed by atoms with Crippen LogP contribution in [0.1, 0.15) is 17.0 Å². The predicted molar refractivity (Wildman–Crippen MR) is 83.3 cm³/mol. The lowest BCUT2D eigenvalue weighted by Gasteiger charge is -1.99. The Hall–Kier alpha value is -2.27. The molecule has 0 atom stereocenters. The van der Waals surface area contributed by atoms with Crippen LogP contribution in [-0.2, 0) is 12.2 Å². The van der Waals surface area contributed by atoms with Crippen LogP contribution in [0.4, 0.5) is 0 Å². The highest BCUT2D eigenvalue weighted by molar-refractivity contribution is 7.98. The molecule has 106 valence electrons. The lowest BCUT2D eigenvalue weighted by molar-refractivity contribution is 0.448. The molecule has 2 N–H and O–H groups in total. The van der Waals surface area contributed by atoms with Gasteiger partial charge in [-0.3, -0.25) is 4.98 Å². The van der Waals surface area contributed by atoms with Gasteiger partial charge in [0.1, 0.15) is 0 Å². The van der Waals surface area contributed by atoms with Gasteiger partial charge in [0.25, 0.3) is 0 Å². The SMILES string of the molecule is Oc1nc(SCc2ccccn2)[nH]c1Cc1ccccc1. The quantitative estimate of drug-likeness (QED) is 0.709. The summed E-state index contributed by atoms with van der Waals surface area (Å²) in [5.41, 5.74) is 2.87. The standard InChI is InChI=1S/C16H15N3OS/c20-15-14(10-12-6-2-1-3-7-12)18-16(19-15)21-11-13-8-4-5-9-17-13/h1-9,20H,10-11H2,(H,18,19). The summed E-state index contributed by atoms with van der Waals surface area (Å²) in [6.45, 7) is 0. The number of hydrogen-bond donors (Lipinski definition) is 2. The van der Waals surface area contributed by atoms with Crippen LogP contribution in [0.3, 0.4) is 0 Å². The molecular formula is C16H15N3OS. The van der Waals surface area contributed by atoms with Crippen molar-refractivity contribution < 1.29 is 5.11 Å². The van der Waals surface area contributed by atoms with E-state index in [0.29, 0.717) is 11.6 Å². The van der Waals surface area contributed by atoms with Crippen LogP contribution in [-0.4, -0.2) is 20.1 Å². The van der Waals surface area contributed by atoms with Crippen LogP contribution < -0.4 is 0 Å². The zero-order valence-corrected chi connectivity index (χ0v) is 12.2. The summed E-state index contributed by atoms with van der Waals surface area (Å²) in [6, 6.07) is 15.8. The third kappa shape index (κ3) is 3.64. The second-order valence-electron chi connectivity index (χ2n) is 4.62. The van der Waals surface area contributed by atoms with Crippen molar-refractivity contribution in [2.45, 2.75) is 17.3 Å². The number of pyridine rings is 1. The van der Waals surface area contributed by atoms with Gasteiger partial charge in [0, 0.05) is 18.4 Å². The van der Waals surface area contributed by atoms with Crippen molar-refractivity contribution >= 4 is 11.8 Å². The van der Waals surface area contributed by atoms with Gasteiger partial charge >= 0.3 is 0 Å². The highest BCUT2D eigenvalue weighted by Gasteiger charge is 2.10. The molecule has 2 heterocycles. The highest BCUT2D eigenvalue weighted by atomic mass is 32.2. The molecule has 3 aromatic rings. The Bertz CT molecular complexity index is 698. The Morgan fingerprint density at radius 2 is 1.86 bits per heavy atom. The van der Waals surface area contributed by atoms with Crippen molar-refractivity contribution in [1.29, 1.82) is 0 Å². The molecule has 0 aliphatic heterocycles. The van der Waals surface area contributed by atoms with Crippen LogP contribution in [0.15, 0.2) is 59.9 Å². The fourth-order valence-electron chi connectivity index (χ4n) is 1.99. The normalized spacial score (nSPS) is 10.7. The van der Waals surface area contributed by atoms with E-state index in [1.54, 1.807) is 6.20 Å². The molecule has 0 aliphatic carbocycles. The van der Waals surface area contributed by atoms with Gasteiger partial charge in [-0.25, -0.2) is 0 Å². The lowest BCUT2D eigenvalue weighted by atomic mass is 10.1. The Labute approximate surface area is 127 Å². The number of imidazole rings is 1. The van der Waals surface area contributed by atoms with Gasteiger partial charge < -0.3 is 10.1 Å². The number of aromatic hydroxyl groups is 1. The monoisotopic (exact) mass is 297 g/mol. The first-order valence-corrected chi connectivity index (χ1v) is 7.64. The molecule has 4 nitrogen and oxygen atoms in total. The number of rotatable bonds is 5. The Balaban J connectivity index is 1.67. The van der Waals surface area contributed by atoms with E-state index in [1.807, 2.05) is 48.5 Å². The molecule has 0 unspecified atom stereocenters. The van der Waals surface area contributed by atoms with Crippen molar-refractivity contribution in [2.24, 2.45) is 0 Å². The summed E-state index contributed by atoms with van der Waals surface area (Å²) >= 11 is 1.53. The van der Waals surface area contributed by atoms with Crippen molar-refractivity contribution in [3.8, 4) is 5.88 Å². The number of benzene rings is 1. The van der Waals surface area contributed by atoms with Crippen molar-refractivity contribution in [1.82, 2.24) is 15.0 Å². The van der Waals surface area contributed by atoms with E-state index in [2.05, 4.69) is 15.0 Å². The third-order valence-electron chi connectivity index (χ3n) is 3.04. The molecule has 3 rings (SSSR count). The minimum atomic E-state index is 0.0716. The first kappa shape index (κ1) is 13.7. The predicted octanol–water partition coefficient (Wildman–Crippen LogP) is 3.39. The molecule has 0 saturated heterocycles. The van der Waals surface area contributed by atoms with Gasteiger partial charge in [-0.15, -0.1) is 0 Å².